The summed E-state index contributed by atoms with van der Waals surface area (Å²) >= 11 is 0. The molecule has 0 unspecified atom stereocenters. The van der Waals surface area contributed by atoms with Crippen molar-refractivity contribution in [1.29, 1.82) is 0 Å². The Balaban J connectivity index is 5.07. The van der Waals surface area contributed by atoms with Crippen LogP contribution in [-0.2, 0) is 18.1 Å². The second kappa shape index (κ2) is 11.5. The van der Waals surface area contributed by atoms with Gasteiger partial charge in [0.15, 0.2) is 8.37 Å². The first-order valence-corrected chi connectivity index (χ1v) is 10.3. The Morgan fingerprint density at radius 3 is 1.74 bits per heavy atom. The summed E-state index contributed by atoms with van der Waals surface area (Å²) in [6.45, 7) is 9.34. The molecule has 19 heavy (non-hydrogen) atoms. The Kier molecular flexibility index (Phi) is 12.0. The van der Waals surface area contributed by atoms with E-state index in [1.165, 1.54) is 0 Å². The van der Waals surface area contributed by atoms with Crippen LogP contribution >= 0.6 is 24.6 Å². The van der Waals surface area contributed by atoms with Gasteiger partial charge in [-0.2, -0.15) is 9.37 Å². The van der Waals surface area contributed by atoms with Gasteiger partial charge in [0.1, 0.15) is 0 Å². The highest BCUT2D eigenvalue weighted by Crippen LogP contribution is 2.58. The standard InChI is InChI=1S/C8H25N4O4P3/c1-5-13-18(14-6-2)12-19(15-7-3,16-8-4)11-17(9)10/h12H,5-10H2,1-4H3. The van der Waals surface area contributed by atoms with Crippen molar-refractivity contribution in [3.63, 3.8) is 0 Å². The fourth-order valence-corrected chi connectivity index (χ4v) is 6.17. The summed E-state index contributed by atoms with van der Waals surface area (Å²) in [6.07, 6.45) is 0. The Morgan fingerprint density at radius 1 is 0.947 bits per heavy atom. The number of nitrogens with two attached hydrogens (primary N) is 2. The fourth-order valence-electron chi connectivity index (χ4n) is 1.09. The fraction of sp³-hybridized carbons (Fsp3) is 1.00. The molecule has 0 fully saturated rings. The van der Waals surface area contributed by atoms with E-state index in [1.54, 1.807) is 0 Å². The molecular weight excluding hydrogens is 309 g/mol. The molecule has 0 saturated carbocycles. The number of nitrogens with one attached hydrogen (secondary N) is 1. The predicted molar refractivity (Wildman–Crippen MR) is 81.2 cm³/mol. The normalized spacial score (nSPS) is 12.4. The molecule has 11 heteroatoms. The van der Waals surface area contributed by atoms with Crippen LogP contribution in [0.15, 0.2) is 4.52 Å². The summed E-state index contributed by atoms with van der Waals surface area (Å²) in [5, 5.41) is 0. The van der Waals surface area contributed by atoms with Crippen LogP contribution in [0.2, 0.25) is 0 Å². The number of rotatable bonds is 11. The van der Waals surface area contributed by atoms with E-state index in [9.17, 15) is 0 Å². The van der Waals surface area contributed by atoms with Gasteiger partial charge in [0.05, 0.1) is 26.4 Å². The van der Waals surface area contributed by atoms with Gasteiger partial charge in [0.2, 0.25) is 0 Å². The molecule has 0 saturated heterocycles. The molecule has 0 aliphatic carbocycles. The topological polar surface area (TPSA) is 113 Å². The molecular formula is C8H25N4O4P3. The van der Waals surface area contributed by atoms with Crippen molar-refractivity contribution in [2.45, 2.75) is 27.7 Å². The van der Waals surface area contributed by atoms with Gasteiger partial charge in [-0.1, -0.05) is 0 Å². The minimum atomic E-state index is -2.74. The van der Waals surface area contributed by atoms with E-state index in [0.29, 0.717) is 26.4 Å². The number of hydrogen-bond acceptors (Lipinski definition) is 7. The van der Waals surface area contributed by atoms with Crippen molar-refractivity contribution in [2.24, 2.45) is 15.5 Å². The summed E-state index contributed by atoms with van der Waals surface area (Å²) in [5.41, 5.74) is 11.2. The third kappa shape index (κ3) is 8.64. The van der Waals surface area contributed by atoms with E-state index in [-0.39, 0.29) is 0 Å². The van der Waals surface area contributed by atoms with Crippen LogP contribution in [0.5, 0.6) is 0 Å². The molecule has 0 bridgehead atoms. The zero-order chi connectivity index (χ0) is 14.7. The zero-order valence-electron chi connectivity index (χ0n) is 11.9. The third-order valence-corrected chi connectivity index (χ3v) is 7.16. The van der Waals surface area contributed by atoms with Crippen LogP contribution in [0.1, 0.15) is 27.7 Å². The minimum absolute atomic E-state index is 0.425. The second-order valence-electron chi connectivity index (χ2n) is 3.02. The van der Waals surface area contributed by atoms with E-state index >= 15 is 0 Å². The molecule has 8 nitrogen and oxygen atoms in total. The molecule has 116 valence electrons. The average molecular weight is 334 g/mol. The maximum Gasteiger partial charge on any atom is 0.300 e. The van der Waals surface area contributed by atoms with E-state index in [2.05, 4.69) is 9.37 Å². The highest BCUT2D eigenvalue weighted by molar-refractivity contribution is 7.71. The van der Waals surface area contributed by atoms with E-state index < -0.39 is 24.6 Å². The van der Waals surface area contributed by atoms with Crippen molar-refractivity contribution < 1.29 is 18.1 Å². The highest BCUT2D eigenvalue weighted by atomic mass is 31.3. The third-order valence-electron chi connectivity index (χ3n) is 1.53. The summed E-state index contributed by atoms with van der Waals surface area (Å²) < 4.78 is 26.4. The SMILES string of the molecule is CCOP(NP(=NP(N)N)(OCC)OCC)OCC. The van der Waals surface area contributed by atoms with Crippen LogP contribution < -0.4 is 15.9 Å². The Bertz CT molecular complexity index is 267. The maximum atomic E-state index is 5.63. The van der Waals surface area contributed by atoms with Crippen molar-refractivity contribution >= 4 is 24.6 Å². The van der Waals surface area contributed by atoms with Gasteiger partial charge < -0.3 is 18.1 Å². The molecule has 0 atom stereocenters. The van der Waals surface area contributed by atoms with E-state index in [4.69, 9.17) is 29.1 Å². The number of nitrogens with zero attached hydrogens (tertiary/aromatic N) is 1. The molecule has 0 spiro atoms. The molecule has 0 aromatic heterocycles. The molecule has 0 aromatic rings. The molecule has 0 aromatic carbocycles. The lowest BCUT2D eigenvalue weighted by Crippen LogP contribution is -2.14. The molecule has 0 aliphatic heterocycles. The number of hydrogen-bond donors (Lipinski definition) is 3. The zero-order valence-corrected chi connectivity index (χ0v) is 14.6. The summed E-state index contributed by atoms with van der Waals surface area (Å²) in [7, 11) is -5.58. The van der Waals surface area contributed by atoms with Gasteiger partial charge in [-0.15, -0.1) is 0 Å². The molecule has 5 N–H and O–H groups in total. The van der Waals surface area contributed by atoms with Crippen LogP contribution in [0.3, 0.4) is 0 Å². The van der Waals surface area contributed by atoms with Crippen LogP contribution in [-0.4, -0.2) is 26.4 Å². The van der Waals surface area contributed by atoms with Crippen LogP contribution in [0.4, 0.5) is 0 Å². The van der Waals surface area contributed by atoms with Gasteiger partial charge in [-0.05, 0) is 27.7 Å². The Labute approximate surface area is 118 Å². The van der Waals surface area contributed by atoms with Gasteiger partial charge in [0.25, 0.3) is 8.53 Å². The molecule has 0 rings (SSSR count). The lowest BCUT2D eigenvalue weighted by molar-refractivity contribution is 0.241. The van der Waals surface area contributed by atoms with Gasteiger partial charge in [-0.25, -0.2) is 0 Å². The predicted octanol–water partition coefficient (Wildman–Crippen LogP) is 3.04. The lowest BCUT2D eigenvalue weighted by Gasteiger charge is -2.27. The minimum Gasteiger partial charge on any atom is -0.322 e. The molecule has 0 aliphatic rings. The molecule has 0 heterocycles. The maximum absolute atomic E-state index is 5.63. The Hall–Kier alpha value is 0.810. The summed E-state index contributed by atoms with van der Waals surface area (Å²) in [4.78, 5) is 3.08. The molecule has 0 amide bonds. The van der Waals surface area contributed by atoms with Crippen molar-refractivity contribution in [1.82, 2.24) is 4.86 Å². The smallest absolute Gasteiger partial charge is 0.300 e. The first-order chi connectivity index (χ1) is 9.03. The Morgan fingerprint density at radius 2 is 1.42 bits per heavy atom. The van der Waals surface area contributed by atoms with Crippen LogP contribution in [0, 0.1) is 0 Å². The molecule has 0 radical (unpaired) electrons. The summed E-state index contributed by atoms with van der Waals surface area (Å²) in [5.74, 6) is 0. The van der Waals surface area contributed by atoms with Gasteiger partial charge in [0, 0.05) is 0 Å². The quantitative estimate of drug-likeness (QED) is 0.498. The average Bonchev–Trinajstić information content (AvgIpc) is 2.29. The monoisotopic (exact) mass is 334 g/mol. The largest absolute Gasteiger partial charge is 0.322 e. The summed E-state index contributed by atoms with van der Waals surface area (Å²) in [6, 6.07) is 0. The second-order valence-corrected chi connectivity index (χ2v) is 7.88. The van der Waals surface area contributed by atoms with Crippen molar-refractivity contribution in [2.75, 3.05) is 26.4 Å². The van der Waals surface area contributed by atoms with E-state index in [1.807, 2.05) is 27.7 Å². The van der Waals surface area contributed by atoms with Crippen molar-refractivity contribution in [3.8, 4) is 0 Å². The van der Waals surface area contributed by atoms with Crippen LogP contribution in [0.25, 0.3) is 0 Å². The van der Waals surface area contributed by atoms with Crippen molar-refractivity contribution in [3.05, 3.63) is 0 Å². The lowest BCUT2D eigenvalue weighted by atomic mass is 10.9. The van der Waals surface area contributed by atoms with Gasteiger partial charge >= 0.3 is 7.66 Å². The van der Waals surface area contributed by atoms with Gasteiger partial charge in [-0.3, -0.25) is 11.0 Å². The highest BCUT2D eigenvalue weighted by Gasteiger charge is 2.28. The van der Waals surface area contributed by atoms with E-state index in [0.717, 1.165) is 0 Å². The first-order valence-electron chi connectivity index (χ1n) is 6.08. The first kappa shape index (κ1) is 19.8.